The molecule has 1 heterocycles. The van der Waals surface area contributed by atoms with Gasteiger partial charge >= 0.3 is 0 Å². The van der Waals surface area contributed by atoms with Crippen molar-refractivity contribution in [1.29, 1.82) is 0 Å². The number of aromatic nitrogens is 2. The Balaban J connectivity index is 1.54. The summed E-state index contributed by atoms with van der Waals surface area (Å²) in [5.41, 5.74) is 2.24. The first kappa shape index (κ1) is 19.5. The predicted octanol–water partition coefficient (Wildman–Crippen LogP) is 4.25. The van der Waals surface area contributed by atoms with Crippen LogP contribution in [0.25, 0.3) is 0 Å². The number of nitrogens with zero attached hydrogens (tertiary/aromatic N) is 2. The molecule has 146 valence electrons. The molecule has 6 nitrogen and oxygen atoms in total. The van der Waals surface area contributed by atoms with Crippen molar-refractivity contribution in [2.75, 3.05) is 25.1 Å². The van der Waals surface area contributed by atoms with Crippen LogP contribution >= 0.6 is 0 Å². The number of benzene rings is 2. The molecule has 0 spiro atoms. The van der Waals surface area contributed by atoms with Gasteiger partial charge in [0.2, 0.25) is 0 Å². The fraction of sp³-hybridized carbons (Fsp3) is 0.273. The highest BCUT2D eigenvalue weighted by molar-refractivity contribution is 5.44. The fourth-order valence-corrected chi connectivity index (χ4v) is 2.65. The molecule has 3 aromatic rings. The lowest BCUT2D eigenvalue weighted by molar-refractivity contribution is 0.208. The summed E-state index contributed by atoms with van der Waals surface area (Å²) in [5.74, 6) is 3.00. The van der Waals surface area contributed by atoms with E-state index in [0.29, 0.717) is 32.1 Å². The van der Waals surface area contributed by atoms with Gasteiger partial charge in [-0.25, -0.2) is 4.98 Å². The number of nitrogens with one attached hydrogen (secondary N) is 1. The van der Waals surface area contributed by atoms with Crippen molar-refractivity contribution in [1.82, 2.24) is 9.97 Å². The van der Waals surface area contributed by atoms with E-state index in [0.717, 1.165) is 22.9 Å². The largest absolute Gasteiger partial charge is 0.490 e. The van der Waals surface area contributed by atoms with Gasteiger partial charge in [0.25, 0.3) is 0 Å². The fourth-order valence-electron chi connectivity index (χ4n) is 2.65. The van der Waals surface area contributed by atoms with Crippen LogP contribution in [0.2, 0.25) is 0 Å². The van der Waals surface area contributed by atoms with Crippen LogP contribution < -0.4 is 19.5 Å². The Morgan fingerprint density at radius 1 is 0.929 bits per heavy atom. The van der Waals surface area contributed by atoms with Gasteiger partial charge in [0.1, 0.15) is 24.8 Å². The van der Waals surface area contributed by atoms with Crippen molar-refractivity contribution in [2.45, 2.75) is 20.4 Å². The minimum atomic E-state index is 0.436. The number of anilines is 1. The molecule has 0 bridgehead atoms. The maximum absolute atomic E-state index is 5.87. The molecule has 0 amide bonds. The first-order valence-corrected chi connectivity index (χ1v) is 9.32. The van der Waals surface area contributed by atoms with E-state index in [9.17, 15) is 0 Å². The van der Waals surface area contributed by atoms with E-state index in [-0.39, 0.29) is 0 Å². The maximum Gasteiger partial charge on any atom is 0.161 e. The molecule has 0 unspecified atom stereocenters. The zero-order valence-corrected chi connectivity index (χ0v) is 16.2. The summed E-state index contributed by atoms with van der Waals surface area (Å²) < 4.78 is 17.3. The van der Waals surface area contributed by atoms with Crippen LogP contribution in [0.5, 0.6) is 17.2 Å². The third-order valence-corrected chi connectivity index (χ3v) is 3.94. The summed E-state index contributed by atoms with van der Waals surface area (Å²) in [6.45, 7) is 6.08. The van der Waals surface area contributed by atoms with Crippen LogP contribution in [0, 0.1) is 6.92 Å². The average molecular weight is 379 g/mol. The summed E-state index contributed by atoms with van der Waals surface area (Å²) >= 11 is 0. The van der Waals surface area contributed by atoms with E-state index in [1.54, 1.807) is 18.6 Å². The molecule has 1 aromatic heterocycles. The van der Waals surface area contributed by atoms with Crippen LogP contribution in [0.15, 0.2) is 61.1 Å². The number of hydrogen-bond acceptors (Lipinski definition) is 6. The molecule has 3 rings (SSSR count). The van der Waals surface area contributed by atoms with E-state index in [4.69, 9.17) is 14.2 Å². The molecular weight excluding hydrogens is 354 g/mol. The second-order valence-electron chi connectivity index (χ2n) is 6.17. The van der Waals surface area contributed by atoms with E-state index >= 15 is 0 Å². The number of hydrogen-bond donors (Lipinski definition) is 1. The van der Waals surface area contributed by atoms with Gasteiger partial charge in [-0.05, 0) is 49.2 Å². The minimum Gasteiger partial charge on any atom is -0.490 e. The summed E-state index contributed by atoms with van der Waals surface area (Å²) in [6.07, 6.45) is 4.99. The molecular formula is C22H25N3O3. The molecule has 0 saturated carbocycles. The normalized spacial score (nSPS) is 10.4. The Labute approximate surface area is 165 Å². The molecule has 2 aromatic carbocycles. The van der Waals surface area contributed by atoms with Crippen molar-refractivity contribution in [3.8, 4) is 17.2 Å². The van der Waals surface area contributed by atoms with Crippen LogP contribution in [0.4, 0.5) is 5.82 Å². The first-order chi connectivity index (χ1) is 13.7. The van der Waals surface area contributed by atoms with Crippen LogP contribution in [-0.2, 0) is 6.54 Å². The Bertz CT molecular complexity index is 872. The third kappa shape index (κ3) is 5.87. The Morgan fingerprint density at radius 2 is 1.82 bits per heavy atom. The van der Waals surface area contributed by atoms with Crippen LogP contribution in [0.1, 0.15) is 18.1 Å². The summed E-state index contributed by atoms with van der Waals surface area (Å²) in [5, 5.41) is 3.23. The van der Waals surface area contributed by atoms with Gasteiger partial charge in [-0.2, -0.15) is 0 Å². The van der Waals surface area contributed by atoms with Gasteiger partial charge in [0, 0.05) is 18.9 Å². The zero-order valence-electron chi connectivity index (χ0n) is 16.2. The summed E-state index contributed by atoms with van der Waals surface area (Å²) in [6, 6.07) is 13.9. The standard InChI is InChI=1S/C22H25N3O3/c1-3-26-21-14-18(15-25-22-16-23-9-10-24-22)7-8-20(21)28-12-11-27-19-6-4-5-17(2)13-19/h4-10,13-14,16H,3,11-12,15H2,1-2H3,(H,24,25). The highest BCUT2D eigenvalue weighted by atomic mass is 16.5. The smallest absolute Gasteiger partial charge is 0.161 e. The SMILES string of the molecule is CCOc1cc(CNc2cnccn2)ccc1OCCOc1cccc(C)c1. The quantitative estimate of drug-likeness (QED) is 0.531. The maximum atomic E-state index is 5.87. The Kier molecular flexibility index (Phi) is 7.07. The summed E-state index contributed by atoms with van der Waals surface area (Å²) in [4.78, 5) is 8.25. The number of aryl methyl sites for hydroxylation is 1. The van der Waals surface area contributed by atoms with Gasteiger partial charge in [-0.1, -0.05) is 18.2 Å². The molecule has 0 saturated heterocycles. The zero-order chi connectivity index (χ0) is 19.6. The monoisotopic (exact) mass is 379 g/mol. The van der Waals surface area contributed by atoms with Crippen molar-refractivity contribution >= 4 is 5.82 Å². The van der Waals surface area contributed by atoms with E-state index < -0.39 is 0 Å². The molecule has 0 aliphatic carbocycles. The molecule has 1 N–H and O–H groups in total. The van der Waals surface area contributed by atoms with E-state index in [1.165, 1.54) is 5.56 Å². The lowest BCUT2D eigenvalue weighted by atomic mass is 10.2. The van der Waals surface area contributed by atoms with Gasteiger partial charge < -0.3 is 19.5 Å². The Morgan fingerprint density at radius 3 is 2.61 bits per heavy atom. The van der Waals surface area contributed by atoms with Crippen molar-refractivity contribution in [2.24, 2.45) is 0 Å². The average Bonchev–Trinajstić information content (AvgIpc) is 2.72. The Hall–Kier alpha value is -3.28. The topological polar surface area (TPSA) is 65.5 Å². The number of rotatable bonds is 10. The second kappa shape index (κ2) is 10.2. The van der Waals surface area contributed by atoms with Crippen molar-refractivity contribution in [3.63, 3.8) is 0 Å². The minimum absolute atomic E-state index is 0.436. The van der Waals surface area contributed by atoms with Gasteiger partial charge in [-0.3, -0.25) is 4.98 Å². The van der Waals surface area contributed by atoms with Gasteiger partial charge in [0.05, 0.1) is 12.8 Å². The van der Waals surface area contributed by atoms with Gasteiger partial charge in [-0.15, -0.1) is 0 Å². The summed E-state index contributed by atoms with van der Waals surface area (Å²) in [7, 11) is 0. The predicted molar refractivity (Wildman–Crippen MR) is 109 cm³/mol. The molecule has 0 fully saturated rings. The lowest BCUT2D eigenvalue weighted by Gasteiger charge is -2.14. The van der Waals surface area contributed by atoms with Crippen molar-refractivity contribution < 1.29 is 14.2 Å². The molecule has 0 aliphatic heterocycles. The van der Waals surface area contributed by atoms with Gasteiger partial charge in [0.15, 0.2) is 11.5 Å². The number of ether oxygens (including phenoxy) is 3. The second-order valence-corrected chi connectivity index (χ2v) is 6.17. The van der Waals surface area contributed by atoms with E-state index in [1.807, 2.05) is 56.3 Å². The van der Waals surface area contributed by atoms with Crippen LogP contribution in [-0.4, -0.2) is 29.8 Å². The third-order valence-electron chi connectivity index (χ3n) is 3.94. The van der Waals surface area contributed by atoms with Crippen molar-refractivity contribution in [3.05, 3.63) is 72.2 Å². The first-order valence-electron chi connectivity index (χ1n) is 9.32. The molecule has 28 heavy (non-hydrogen) atoms. The highest BCUT2D eigenvalue weighted by Crippen LogP contribution is 2.29. The molecule has 0 aliphatic rings. The molecule has 6 heteroatoms. The lowest BCUT2D eigenvalue weighted by Crippen LogP contribution is -2.10. The molecule has 0 atom stereocenters. The van der Waals surface area contributed by atoms with Crippen LogP contribution in [0.3, 0.4) is 0 Å². The molecule has 0 radical (unpaired) electrons. The highest BCUT2D eigenvalue weighted by Gasteiger charge is 2.07. The van der Waals surface area contributed by atoms with E-state index in [2.05, 4.69) is 15.3 Å².